The van der Waals surface area contributed by atoms with Crippen LogP contribution in [-0.2, 0) is 6.42 Å². The molecule has 0 atom stereocenters. The lowest BCUT2D eigenvalue weighted by atomic mass is 9.93. The molecule has 0 amide bonds. The van der Waals surface area contributed by atoms with Crippen LogP contribution in [-0.4, -0.2) is 38.9 Å². The lowest BCUT2D eigenvalue weighted by Gasteiger charge is -2.24. The van der Waals surface area contributed by atoms with Gasteiger partial charge in [0.1, 0.15) is 12.0 Å². The smallest absolute Gasteiger partial charge is 0.228 e. The lowest BCUT2D eigenvalue weighted by molar-refractivity contribution is 0.115. The van der Waals surface area contributed by atoms with Crippen molar-refractivity contribution in [1.29, 1.82) is 0 Å². The minimum Gasteiger partial charge on any atom is -0.444 e. The summed E-state index contributed by atoms with van der Waals surface area (Å²) in [5, 5.41) is 18.5. The Balaban J connectivity index is 0.00000243. The molecule has 0 aliphatic heterocycles. The normalized spacial score (nSPS) is 11.2. The Kier molecular flexibility index (Phi) is 6.88. The van der Waals surface area contributed by atoms with Crippen molar-refractivity contribution >= 4 is 12.4 Å². The Morgan fingerprint density at radius 1 is 1.04 bits per heavy atom. The highest BCUT2D eigenvalue weighted by atomic mass is 35.5. The van der Waals surface area contributed by atoms with Gasteiger partial charge in [0.2, 0.25) is 5.89 Å². The van der Waals surface area contributed by atoms with Crippen LogP contribution >= 0.6 is 12.4 Å². The van der Waals surface area contributed by atoms with Gasteiger partial charge in [0, 0.05) is 18.0 Å². The highest BCUT2D eigenvalue weighted by Gasteiger charge is 2.22. The molecule has 0 unspecified atom stereocenters. The largest absolute Gasteiger partial charge is 0.444 e. The van der Waals surface area contributed by atoms with Gasteiger partial charge >= 0.3 is 0 Å². The summed E-state index contributed by atoms with van der Waals surface area (Å²) in [6.07, 6.45) is 6.22. The number of aliphatic hydroxyl groups excluding tert-OH is 2. The van der Waals surface area contributed by atoms with Crippen LogP contribution in [0.25, 0.3) is 22.7 Å². The van der Waals surface area contributed by atoms with Gasteiger partial charge in [-0.3, -0.25) is 4.98 Å². The summed E-state index contributed by atoms with van der Waals surface area (Å²) < 4.78 is 5.53. The number of rotatable bonds is 7. The highest BCUT2D eigenvalue weighted by molar-refractivity contribution is 5.85. The van der Waals surface area contributed by atoms with E-state index in [9.17, 15) is 10.2 Å². The van der Waals surface area contributed by atoms with Gasteiger partial charge in [-0.25, -0.2) is 4.98 Å². The van der Waals surface area contributed by atoms with Gasteiger partial charge in [-0.15, -0.1) is 12.4 Å². The van der Waals surface area contributed by atoms with Gasteiger partial charge in [-0.2, -0.15) is 0 Å². The summed E-state index contributed by atoms with van der Waals surface area (Å²) in [5.74, 6) is 0.533. The summed E-state index contributed by atoms with van der Waals surface area (Å²) in [4.78, 5) is 8.56. The number of aryl methyl sites for hydroxylation is 1. The summed E-state index contributed by atoms with van der Waals surface area (Å²) in [5.41, 5.74) is 8.57. The molecule has 26 heavy (non-hydrogen) atoms. The van der Waals surface area contributed by atoms with E-state index in [4.69, 9.17) is 10.2 Å². The number of aromatic nitrogens is 2. The zero-order chi connectivity index (χ0) is 17.7. The maximum absolute atomic E-state index is 9.24. The molecule has 0 saturated heterocycles. The van der Waals surface area contributed by atoms with Crippen molar-refractivity contribution in [2.45, 2.75) is 18.4 Å². The maximum atomic E-state index is 9.24. The van der Waals surface area contributed by atoms with E-state index in [0.29, 0.717) is 18.7 Å². The van der Waals surface area contributed by atoms with E-state index in [2.05, 4.69) is 9.97 Å². The molecule has 0 fully saturated rings. The van der Waals surface area contributed by atoms with Crippen LogP contribution in [0.4, 0.5) is 0 Å². The zero-order valence-electron chi connectivity index (χ0n) is 14.2. The molecule has 2 aromatic heterocycles. The Morgan fingerprint density at radius 2 is 1.77 bits per heavy atom. The monoisotopic (exact) mass is 375 g/mol. The molecule has 0 bridgehead atoms. The number of hydrogen-bond acceptors (Lipinski definition) is 6. The molecule has 3 rings (SSSR count). The average molecular weight is 376 g/mol. The van der Waals surface area contributed by atoms with E-state index in [0.717, 1.165) is 22.4 Å². The molecule has 138 valence electrons. The topological polar surface area (TPSA) is 105 Å². The highest BCUT2D eigenvalue weighted by Crippen LogP contribution is 2.24. The van der Waals surface area contributed by atoms with Gasteiger partial charge in [0.15, 0.2) is 0 Å². The van der Waals surface area contributed by atoms with Gasteiger partial charge in [0.25, 0.3) is 0 Å². The number of nitrogens with two attached hydrogens (primary N) is 1. The van der Waals surface area contributed by atoms with E-state index in [1.54, 1.807) is 18.7 Å². The number of halogens is 1. The molecule has 3 aromatic rings. The van der Waals surface area contributed by atoms with E-state index in [1.165, 1.54) is 0 Å². The van der Waals surface area contributed by atoms with Crippen LogP contribution in [0.2, 0.25) is 0 Å². The van der Waals surface area contributed by atoms with Crippen LogP contribution in [0.3, 0.4) is 0 Å². The van der Waals surface area contributed by atoms with E-state index in [1.807, 2.05) is 36.4 Å². The first-order valence-electron chi connectivity index (χ1n) is 8.09. The van der Waals surface area contributed by atoms with Crippen LogP contribution in [0.5, 0.6) is 0 Å². The molecule has 6 nitrogen and oxygen atoms in total. The summed E-state index contributed by atoms with van der Waals surface area (Å²) in [7, 11) is 0. The van der Waals surface area contributed by atoms with Crippen molar-refractivity contribution in [2.24, 2.45) is 5.73 Å². The molecule has 0 radical (unpaired) electrons. The predicted octanol–water partition coefficient (Wildman–Crippen LogP) is 2.44. The predicted molar refractivity (Wildman–Crippen MR) is 102 cm³/mol. The number of oxazole rings is 1. The Morgan fingerprint density at radius 3 is 2.38 bits per heavy atom. The molecule has 1 aromatic carbocycles. The first-order valence-corrected chi connectivity index (χ1v) is 8.09. The average Bonchev–Trinajstić information content (AvgIpc) is 3.17. The Labute approximate surface area is 158 Å². The number of pyridine rings is 1. The summed E-state index contributed by atoms with van der Waals surface area (Å²) in [6, 6.07) is 11.6. The van der Waals surface area contributed by atoms with Crippen molar-refractivity contribution in [3.63, 3.8) is 0 Å². The third-order valence-electron chi connectivity index (χ3n) is 4.20. The molecule has 0 aliphatic rings. The third kappa shape index (κ3) is 4.68. The molecular formula is C19H22ClN3O3. The van der Waals surface area contributed by atoms with Crippen molar-refractivity contribution in [1.82, 2.24) is 9.97 Å². The summed E-state index contributed by atoms with van der Waals surface area (Å²) >= 11 is 0. The van der Waals surface area contributed by atoms with Crippen molar-refractivity contribution < 1.29 is 14.6 Å². The summed E-state index contributed by atoms with van der Waals surface area (Å²) in [6.45, 7) is -0.477. The quantitative estimate of drug-likeness (QED) is 0.585. The number of hydrogen-bond donors (Lipinski definition) is 3. The fraction of sp³-hybridized carbons (Fsp3) is 0.263. The van der Waals surface area contributed by atoms with Crippen LogP contribution < -0.4 is 5.73 Å². The van der Waals surface area contributed by atoms with Crippen molar-refractivity contribution in [2.75, 3.05) is 13.2 Å². The van der Waals surface area contributed by atoms with E-state index >= 15 is 0 Å². The standard InChI is InChI=1S/C19H21N3O3.ClH/c20-19(12-23,13-24)8-7-14-3-5-15(6-4-14)17-11-25-18(22-17)16-2-1-9-21-10-16;/h1-6,9-11,23-24H,7-8,12-13,20H2;1H. The first kappa shape index (κ1) is 20.1. The zero-order valence-corrected chi connectivity index (χ0v) is 15.0. The number of aliphatic hydroxyl groups is 2. The van der Waals surface area contributed by atoms with Gasteiger partial charge in [-0.05, 0) is 30.5 Å². The number of benzene rings is 1. The lowest BCUT2D eigenvalue weighted by Crippen LogP contribution is -2.47. The van der Waals surface area contributed by atoms with Crippen LogP contribution in [0.15, 0.2) is 59.5 Å². The number of nitrogens with zero attached hydrogens (tertiary/aromatic N) is 2. The first-order chi connectivity index (χ1) is 12.1. The molecular weight excluding hydrogens is 354 g/mol. The molecule has 0 aliphatic carbocycles. The van der Waals surface area contributed by atoms with Gasteiger partial charge in [0.05, 0.1) is 24.3 Å². The van der Waals surface area contributed by atoms with Gasteiger partial charge < -0.3 is 20.4 Å². The maximum Gasteiger partial charge on any atom is 0.228 e. The van der Waals surface area contributed by atoms with Crippen LogP contribution in [0.1, 0.15) is 12.0 Å². The molecule has 2 heterocycles. The third-order valence-corrected chi connectivity index (χ3v) is 4.20. The second-order valence-electron chi connectivity index (χ2n) is 6.16. The fourth-order valence-electron chi connectivity index (χ4n) is 2.47. The second kappa shape index (κ2) is 8.91. The van der Waals surface area contributed by atoms with Crippen molar-refractivity contribution in [3.8, 4) is 22.7 Å². The molecule has 0 saturated carbocycles. The van der Waals surface area contributed by atoms with E-state index < -0.39 is 5.54 Å². The Bertz CT molecular complexity index is 802. The molecule has 7 heteroatoms. The minimum atomic E-state index is -0.941. The molecule has 4 N–H and O–H groups in total. The molecule has 0 spiro atoms. The SMILES string of the molecule is Cl.NC(CO)(CO)CCc1ccc(-c2coc(-c3cccnc3)n2)cc1. The van der Waals surface area contributed by atoms with E-state index in [-0.39, 0.29) is 25.6 Å². The van der Waals surface area contributed by atoms with Crippen LogP contribution in [0, 0.1) is 0 Å². The second-order valence-corrected chi connectivity index (χ2v) is 6.16. The Hall–Kier alpha value is -2.25. The van der Waals surface area contributed by atoms with Gasteiger partial charge in [-0.1, -0.05) is 24.3 Å². The minimum absolute atomic E-state index is 0. The van der Waals surface area contributed by atoms with Crippen molar-refractivity contribution in [3.05, 3.63) is 60.6 Å². The fourth-order valence-corrected chi connectivity index (χ4v) is 2.47.